The lowest BCUT2D eigenvalue weighted by molar-refractivity contribution is -0.126. The van der Waals surface area contributed by atoms with Crippen LogP contribution in [-0.2, 0) is 19.4 Å². The molecule has 1 heterocycles. The highest BCUT2D eigenvalue weighted by Crippen LogP contribution is 2.63. The highest BCUT2D eigenvalue weighted by Gasteiger charge is 2.67. The molecule has 2 amide bonds. The number of hydrogen-bond acceptors (Lipinski definition) is 4. The zero-order valence-corrected chi connectivity index (χ0v) is 13.9. The lowest BCUT2D eigenvalue weighted by Gasteiger charge is -2.14. The van der Waals surface area contributed by atoms with Crippen LogP contribution in [0.25, 0.3) is 0 Å². The van der Waals surface area contributed by atoms with Gasteiger partial charge in [0, 0.05) is 19.0 Å². The zero-order valence-electron chi connectivity index (χ0n) is 11.6. The van der Waals surface area contributed by atoms with Crippen molar-refractivity contribution in [2.24, 2.45) is 5.41 Å². The van der Waals surface area contributed by atoms with Crippen LogP contribution in [0.1, 0.15) is 26.2 Å². The number of carbonyl (C=O) groups is 2. The van der Waals surface area contributed by atoms with Crippen LogP contribution in [0.2, 0.25) is 0 Å². The minimum atomic E-state index is -3.01. The summed E-state index contributed by atoms with van der Waals surface area (Å²) in [6.45, 7) is 1.84. The third-order valence-electron chi connectivity index (χ3n) is 3.99. The van der Waals surface area contributed by atoms with Crippen molar-refractivity contribution in [1.82, 2.24) is 10.6 Å². The quantitative estimate of drug-likeness (QED) is 0.696. The van der Waals surface area contributed by atoms with Crippen molar-refractivity contribution < 1.29 is 18.0 Å². The van der Waals surface area contributed by atoms with Gasteiger partial charge < -0.3 is 10.6 Å². The molecule has 0 aromatic heterocycles. The van der Waals surface area contributed by atoms with Crippen molar-refractivity contribution in [3.63, 3.8) is 0 Å². The Kier molecular flexibility index (Phi) is 4.48. The van der Waals surface area contributed by atoms with Gasteiger partial charge in [-0.1, -0.05) is 0 Å². The highest BCUT2D eigenvalue weighted by molar-refractivity contribution is 7.91. The molecule has 1 aliphatic heterocycles. The van der Waals surface area contributed by atoms with Crippen LogP contribution in [-0.4, -0.2) is 48.7 Å². The Morgan fingerprint density at radius 3 is 2.43 bits per heavy atom. The first-order chi connectivity index (χ1) is 9.56. The van der Waals surface area contributed by atoms with Gasteiger partial charge in [-0.15, -0.1) is 23.2 Å². The van der Waals surface area contributed by atoms with E-state index in [-0.39, 0.29) is 42.3 Å². The maximum absolute atomic E-state index is 11.9. The average molecular weight is 357 g/mol. The zero-order chi connectivity index (χ0) is 15.9. The molecule has 0 aromatic rings. The van der Waals surface area contributed by atoms with Crippen LogP contribution in [0, 0.1) is 5.41 Å². The fraction of sp³-hybridized carbons (Fsp3) is 0.833. The predicted octanol–water partition coefficient (Wildman–Crippen LogP) is 0.380. The van der Waals surface area contributed by atoms with E-state index in [9.17, 15) is 18.0 Å². The number of alkyl halides is 2. The van der Waals surface area contributed by atoms with Gasteiger partial charge in [0.15, 0.2) is 9.84 Å². The molecule has 2 aliphatic rings. The first-order valence-electron chi connectivity index (χ1n) is 6.72. The van der Waals surface area contributed by atoms with Crippen molar-refractivity contribution in [3.8, 4) is 0 Å². The first-order valence-corrected chi connectivity index (χ1v) is 9.29. The van der Waals surface area contributed by atoms with E-state index in [4.69, 9.17) is 23.2 Å². The van der Waals surface area contributed by atoms with Gasteiger partial charge in [0.05, 0.1) is 16.9 Å². The minimum absolute atomic E-state index is 0.00974. The van der Waals surface area contributed by atoms with E-state index in [1.54, 1.807) is 6.92 Å². The third-order valence-corrected chi connectivity index (χ3v) is 6.86. The predicted molar refractivity (Wildman–Crippen MR) is 80.0 cm³/mol. The lowest BCUT2D eigenvalue weighted by Crippen LogP contribution is -2.39. The highest BCUT2D eigenvalue weighted by atomic mass is 35.5. The van der Waals surface area contributed by atoms with Crippen LogP contribution in [0.5, 0.6) is 0 Å². The van der Waals surface area contributed by atoms with Gasteiger partial charge >= 0.3 is 0 Å². The van der Waals surface area contributed by atoms with E-state index in [0.29, 0.717) is 12.8 Å². The fourth-order valence-corrected chi connectivity index (χ4v) is 4.72. The molecule has 0 aromatic carbocycles. The normalized spacial score (nSPS) is 32.4. The Bertz CT molecular complexity index is 564. The monoisotopic (exact) mass is 356 g/mol. The Morgan fingerprint density at radius 1 is 1.33 bits per heavy atom. The molecule has 0 spiro atoms. The van der Waals surface area contributed by atoms with E-state index < -0.39 is 19.6 Å². The molecule has 2 N–H and O–H groups in total. The molecule has 1 saturated heterocycles. The Labute approximate surface area is 133 Å². The fourth-order valence-electron chi connectivity index (χ4n) is 2.34. The van der Waals surface area contributed by atoms with E-state index in [1.807, 2.05) is 0 Å². The minimum Gasteiger partial charge on any atom is -0.355 e. The molecule has 21 heavy (non-hydrogen) atoms. The second-order valence-electron chi connectivity index (χ2n) is 5.89. The van der Waals surface area contributed by atoms with Crippen molar-refractivity contribution in [2.75, 3.05) is 18.1 Å². The molecule has 6 nitrogen and oxygen atoms in total. The standard InChI is InChI=1S/C12H18Cl2N2O4S/c1-11(7-12(11,13)14)10(18)15-4-2-9(17)16-8-3-5-21(19,20)6-8/h8H,2-7H2,1H3,(H,15,18)(H,16,17)/t8-,11+/m0/s1. The summed E-state index contributed by atoms with van der Waals surface area (Å²) in [6, 6.07) is -0.322. The molecule has 2 atom stereocenters. The van der Waals surface area contributed by atoms with Gasteiger partial charge in [0.1, 0.15) is 4.33 Å². The summed E-state index contributed by atoms with van der Waals surface area (Å²) in [6.07, 6.45) is 0.927. The second-order valence-corrected chi connectivity index (χ2v) is 9.60. The van der Waals surface area contributed by atoms with Crippen LogP contribution in [0.3, 0.4) is 0 Å². The molecule has 9 heteroatoms. The van der Waals surface area contributed by atoms with Gasteiger partial charge in [0.25, 0.3) is 0 Å². The van der Waals surface area contributed by atoms with Crippen LogP contribution < -0.4 is 10.6 Å². The number of carbonyl (C=O) groups excluding carboxylic acids is 2. The molecule has 120 valence electrons. The summed E-state index contributed by atoms with van der Waals surface area (Å²) in [7, 11) is -3.01. The Morgan fingerprint density at radius 2 is 1.95 bits per heavy atom. The van der Waals surface area contributed by atoms with Gasteiger partial charge in [0.2, 0.25) is 11.8 Å². The summed E-state index contributed by atoms with van der Waals surface area (Å²) in [5.74, 6) is -0.449. The number of nitrogens with one attached hydrogen (secondary N) is 2. The number of halogens is 2. The Balaban J connectivity index is 1.68. The topological polar surface area (TPSA) is 92.3 Å². The first kappa shape index (κ1) is 16.8. The van der Waals surface area contributed by atoms with Gasteiger partial charge in [-0.2, -0.15) is 0 Å². The van der Waals surface area contributed by atoms with E-state index in [2.05, 4.69) is 10.6 Å². The average Bonchev–Trinajstić information content (AvgIpc) is 2.68. The summed E-state index contributed by atoms with van der Waals surface area (Å²) in [5, 5.41) is 5.28. The summed E-state index contributed by atoms with van der Waals surface area (Å²) >= 11 is 11.8. The molecular weight excluding hydrogens is 339 g/mol. The van der Waals surface area contributed by atoms with E-state index in [1.165, 1.54) is 0 Å². The lowest BCUT2D eigenvalue weighted by atomic mass is 10.1. The number of sulfone groups is 1. The molecule has 0 bridgehead atoms. The number of amides is 2. The van der Waals surface area contributed by atoms with Crippen molar-refractivity contribution in [3.05, 3.63) is 0 Å². The van der Waals surface area contributed by atoms with E-state index in [0.717, 1.165) is 0 Å². The number of hydrogen-bond donors (Lipinski definition) is 2. The summed E-state index contributed by atoms with van der Waals surface area (Å²) in [5.41, 5.74) is -0.799. The van der Waals surface area contributed by atoms with Crippen molar-refractivity contribution in [2.45, 2.75) is 36.6 Å². The SMILES string of the molecule is C[C@]1(C(=O)NCCC(=O)N[C@H]2CCS(=O)(=O)C2)CC1(Cl)Cl. The second kappa shape index (κ2) is 5.59. The van der Waals surface area contributed by atoms with Gasteiger partial charge in [-0.3, -0.25) is 9.59 Å². The van der Waals surface area contributed by atoms with Crippen LogP contribution in [0.15, 0.2) is 0 Å². The van der Waals surface area contributed by atoms with Crippen molar-refractivity contribution >= 4 is 44.9 Å². The molecular formula is C12H18Cl2N2O4S. The molecule has 0 radical (unpaired) electrons. The van der Waals surface area contributed by atoms with Crippen LogP contribution >= 0.6 is 23.2 Å². The maximum atomic E-state index is 11.9. The van der Waals surface area contributed by atoms with E-state index >= 15 is 0 Å². The summed E-state index contributed by atoms with van der Waals surface area (Å²) < 4.78 is 21.5. The van der Waals surface area contributed by atoms with Gasteiger partial charge in [-0.25, -0.2) is 8.42 Å². The maximum Gasteiger partial charge on any atom is 0.229 e. The molecule has 1 saturated carbocycles. The van der Waals surface area contributed by atoms with Gasteiger partial charge in [-0.05, 0) is 19.8 Å². The smallest absolute Gasteiger partial charge is 0.229 e. The van der Waals surface area contributed by atoms with Crippen LogP contribution in [0.4, 0.5) is 0 Å². The molecule has 1 aliphatic carbocycles. The molecule has 0 unspecified atom stereocenters. The largest absolute Gasteiger partial charge is 0.355 e. The Hall–Kier alpha value is -0.530. The third kappa shape index (κ3) is 3.81. The van der Waals surface area contributed by atoms with Crippen molar-refractivity contribution in [1.29, 1.82) is 0 Å². The summed E-state index contributed by atoms with van der Waals surface area (Å²) in [4.78, 5) is 23.5. The number of rotatable bonds is 5. The molecule has 2 fully saturated rings. The molecule has 2 rings (SSSR count).